The lowest BCUT2D eigenvalue weighted by molar-refractivity contribution is -0.384. The van der Waals surface area contributed by atoms with E-state index in [1.807, 2.05) is 0 Å². The molecule has 7 heteroatoms. The van der Waals surface area contributed by atoms with Gasteiger partial charge in [0.25, 0.3) is 5.69 Å². The molecule has 6 nitrogen and oxygen atoms in total. The van der Waals surface area contributed by atoms with Crippen LogP contribution in [0.5, 0.6) is 11.5 Å². The summed E-state index contributed by atoms with van der Waals surface area (Å²) in [5.74, 6) is -0.0330. The molecule has 0 aliphatic carbocycles. The molecule has 0 saturated carbocycles. The van der Waals surface area contributed by atoms with Gasteiger partial charge in [-0.15, -0.1) is 0 Å². The van der Waals surface area contributed by atoms with Gasteiger partial charge in [0.05, 0.1) is 23.7 Å². The van der Waals surface area contributed by atoms with Crippen LogP contribution in [0.25, 0.3) is 0 Å². The van der Waals surface area contributed by atoms with E-state index in [-0.39, 0.29) is 17.0 Å². The molecule has 0 unspecified atom stereocenters. The van der Waals surface area contributed by atoms with E-state index >= 15 is 0 Å². The summed E-state index contributed by atoms with van der Waals surface area (Å²) in [5, 5.41) is 10.7. The van der Waals surface area contributed by atoms with Crippen molar-refractivity contribution in [1.82, 2.24) is 0 Å². The highest BCUT2D eigenvalue weighted by atomic mass is 79.9. The Balaban J connectivity index is 2.25. The second-order valence-electron chi connectivity index (χ2n) is 3.99. The number of carbonyl (C=O) groups is 1. The van der Waals surface area contributed by atoms with Gasteiger partial charge in [-0.25, -0.2) is 4.79 Å². The van der Waals surface area contributed by atoms with Crippen molar-refractivity contribution < 1.29 is 19.2 Å². The summed E-state index contributed by atoms with van der Waals surface area (Å²) >= 11 is 3.25. The first-order chi connectivity index (χ1) is 10.0. The minimum Gasteiger partial charge on any atom is -0.497 e. The van der Waals surface area contributed by atoms with Gasteiger partial charge in [0.2, 0.25) is 0 Å². The highest BCUT2D eigenvalue weighted by Crippen LogP contribution is 2.25. The highest BCUT2D eigenvalue weighted by Gasteiger charge is 2.15. The smallest absolute Gasteiger partial charge is 0.344 e. The summed E-state index contributed by atoms with van der Waals surface area (Å²) in [7, 11) is 1.49. The number of hydrogen-bond acceptors (Lipinski definition) is 5. The maximum Gasteiger partial charge on any atom is 0.344 e. The largest absolute Gasteiger partial charge is 0.497 e. The molecule has 2 aromatic carbocycles. The van der Waals surface area contributed by atoms with Crippen molar-refractivity contribution in [3.8, 4) is 11.5 Å². The number of nitrogens with zero attached hydrogens (tertiary/aromatic N) is 1. The van der Waals surface area contributed by atoms with Gasteiger partial charge in [-0.05, 0) is 40.2 Å². The lowest BCUT2D eigenvalue weighted by atomic mass is 10.2. The molecule has 0 aliphatic heterocycles. The minimum atomic E-state index is -0.638. The van der Waals surface area contributed by atoms with Crippen molar-refractivity contribution in [1.29, 1.82) is 0 Å². The third kappa shape index (κ3) is 3.57. The molecule has 0 aliphatic rings. The van der Waals surface area contributed by atoms with Gasteiger partial charge in [-0.1, -0.05) is 6.07 Å². The predicted octanol–water partition coefficient (Wildman–Crippen LogP) is 3.59. The van der Waals surface area contributed by atoms with E-state index in [1.54, 1.807) is 12.1 Å². The first-order valence-corrected chi connectivity index (χ1v) is 6.60. The number of nitro groups is 1. The van der Waals surface area contributed by atoms with Crippen LogP contribution in [0.2, 0.25) is 0 Å². The van der Waals surface area contributed by atoms with Gasteiger partial charge >= 0.3 is 5.97 Å². The second-order valence-corrected chi connectivity index (χ2v) is 4.84. The molecule has 0 spiro atoms. The Labute approximate surface area is 128 Å². The predicted molar refractivity (Wildman–Crippen MR) is 78.7 cm³/mol. The van der Waals surface area contributed by atoms with Crippen molar-refractivity contribution in [2.75, 3.05) is 7.11 Å². The maximum absolute atomic E-state index is 12.1. The normalized spacial score (nSPS) is 10.0. The number of halogens is 1. The van der Waals surface area contributed by atoms with Gasteiger partial charge in [0, 0.05) is 10.5 Å². The summed E-state index contributed by atoms with van der Waals surface area (Å²) in [6, 6.07) is 10.3. The number of non-ortho nitro benzene ring substituents is 1. The van der Waals surface area contributed by atoms with Crippen LogP contribution in [-0.2, 0) is 0 Å². The second kappa shape index (κ2) is 6.36. The van der Waals surface area contributed by atoms with Crippen molar-refractivity contribution in [3.63, 3.8) is 0 Å². The van der Waals surface area contributed by atoms with Crippen LogP contribution < -0.4 is 9.47 Å². The van der Waals surface area contributed by atoms with Gasteiger partial charge in [0.15, 0.2) is 0 Å². The lowest BCUT2D eigenvalue weighted by Gasteiger charge is -2.07. The van der Waals surface area contributed by atoms with Crippen LogP contribution in [0.3, 0.4) is 0 Å². The average molecular weight is 352 g/mol. The zero-order chi connectivity index (χ0) is 15.4. The van der Waals surface area contributed by atoms with Crippen LogP contribution in [0.4, 0.5) is 5.69 Å². The summed E-state index contributed by atoms with van der Waals surface area (Å²) in [5.41, 5.74) is 0.117. The van der Waals surface area contributed by atoms with Gasteiger partial charge in [0.1, 0.15) is 11.5 Å². The fourth-order valence-corrected chi connectivity index (χ4v) is 2.02. The molecule has 2 rings (SSSR count). The molecule has 0 amide bonds. The molecule has 0 aromatic heterocycles. The first kappa shape index (κ1) is 15.0. The molecule has 0 N–H and O–H groups in total. The molecule has 0 bridgehead atoms. The zero-order valence-corrected chi connectivity index (χ0v) is 12.5. The third-order valence-corrected chi connectivity index (χ3v) is 3.32. The number of hydrogen-bond donors (Lipinski definition) is 0. The fraction of sp³-hybridized carbons (Fsp3) is 0.0714. The Hall–Kier alpha value is -2.41. The number of benzene rings is 2. The van der Waals surface area contributed by atoms with E-state index in [9.17, 15) is 14.9 Å². The number of ether oxygens (including phenoxy) is 2. The number of nitro benzene ring substituents is 1. The van der Waals surface area contributed by atoms with E-state index in [0.29, 0.717) is 10.2 Å². The van der Waals surface area contributed by atoms with E-state index in [0.717, 1.165) is 0 Å². The van der Waals surface area contributed by atoms with Crippen molar-refractivity contribution >= 4 is 27.6 Å². The fourth-order valence-electron chi connectivity index (χ4n) is 1.61. The Morgan fingerprint density at radius 1 is 1.19 bits per heavy atom. The molecule has 0 radical (unpaired) electrons. The van der Waals surface area contributed by atoms with Crippen LogP contribution in [0.15, 0.2) is 46.9 Å². The number of methoxy groups -OCH3 is 1. The monoisotopic (exact) mass is 351 g/mol. The van der Waals surface area contributed by atoms with E-state index in [2.05, 4.69) is 15.9 Å². The van der Waals surface area contributed by atoms with Crippen LogP contribution >= 0.6 is 15.9 Å². The van der Waals surface area contributed by atoms with Crippen molar-refractivity contribution in [3.05, 3.63) is 62.6 Å². The Kier molecular flexibility index (Phi) is 4.54. The van der Waals surface area contributed by atoms with Crippen molar-refractivity contribution in [2.45, 2.75) is 0 Å². The van der Waals surface area contributed by atoms with Crippen molar-refractivity contribution in [2.24, 2.45) is 0 Å². The molecular weight excluding hydrogens is 342 g/mol. The molecule has 0 fully saturated rings. The Bertz CT molecular complexity index is 702. The third-order valence-electron chi connectivity index (χ3n) is 2.63. The zero-order valence-electron chi connectivity index (χ0n) is 10.9. The number of esters is 1. The molecule has 2 aromatic rings. The summed E-state index contributed by atoms with van der Waals surface area (Å²) in [6.07, 6.45) is 0. The Morgan fingerprint density at radius 2 is 1.95 bits per heavy atom. The summed E-state index contributed by atoms with van der Waals surface area (Å²) in [6.45, 7) is 0. The molecule has 0 atom stereocenters. The molecule has 0 heterocycles. The SMILES string of the molecule is COc1ccc(Br)c(C(=O)Oc2cccc([N+](=O)[O-])c2)c1. The Morgan fingerprint density at radius 3 is 2.62 bits per heavy atom. The summed E-state index contributed by atoms with van der Waals surface area (Å²) < 4.78 is 10.7. The minimum absolute atomic E-state index is 0.101. The molecule has 108 valence electrons. The number of carbonyl (C=O) groups excluding carboxylic acids is 1. The van der Waals surface area contributed by atoms with Crippen LogP contribution in [0, 0.1) is 10.1 Å². The van der Waals surface area contributed by atoms with E-state index in [1.165, 1.54) is 37.4 Å². The average Bonchev–Trinajstić information content (AvgIpc) is 2.48. The quantitative estimate of drug-likeness (QED) is 0.364. The first-order valence-electron chi connectivity index (χ1n) is 5.81. The number of rotatable bonds is 4. The van der Waals surface area contributed by atoms with Crippen LogP contribution in [-0.4, -0.2) is 18.0 Å². The van der Waals surface area contributed by atoms with E-state index < -0.39 is 10.9 Å². The van der Waals surface area contributed by atoms with Crippen LogP contribution in [0.1, 0.15) is 10.4 Å². The standard InChI is InChI=1S/C14H10BrNO5/c1-20-10-5-6-13(15)12(8-10)14(17)21-11-4-2-3-9(7-11)16(18)19/h2-8H,1H3. The van der Waals surface area contributed by atoms with Gasteiger partial charge < -0.3 is 9.47 Å². The molecule has 0 saturated heterocycles. The van der Waals surface area contributed by atoms with Gasteiger partial charge in [-0.3, -0.25) is 10.1 Å². The van der Waals surface area contributed by atoms with Gasteiger partial charge in [-0.2, -0.15) is 0 Å². The molecule has 21 heavy (non-hydrogen) atoms. The lowest BCUT2D eigenvalue weighted by Crippen LogP contribution is -2.09. The summed E-state index contributed by atoms with van der Waals surface area (Å²) in [4.78, 5) is 22.2. The highest BCUT2D eigenvalue weighted by molar-refractivity contribution is 9.10. The van der Waals surface area contributed by atoms with E-state index in [4.69, 9.17) is 9.47 Å². The molecular formula is C14H10BrNO5. The topological polar surface area (TPSA) is 78.7 Å². The maximum atomic E-state index is 12.1.